The summed E-state index contributed by atoms with van der Waals surface area (Å²) in [6, 6.07) is 17.1. The first kappa shape index (κ1) is 13.3. The lowest BCUT2D eigenvalue weighted by Gasteiger charge is -2.12. The summed E-state index contributed by atoms with van der Waals surface area (Å²) in [5.41, 5.74) is 3.36. The molecule has 2 aromatic carbocycles. The van der Waals surface area contributed by atoms with E-state index in [1.54, 1.807) is 6.20 Å². The van der Waals surface area contributed by atoms with Crippen molar-refractivity contribution in [1.82, 2.24) is 4.98 Å². The van der Waals surface area contributed by atoms with E-state index in [0.717, 1.165) is 16.6 Å². The zero-order valence-electron chi connectivity index (χ0n) is 12.1. The molecule has 0 saturated carbocycles. The largest absolute Gasteiger partial charge is 0.378 e. The molecule has 21 heavy (non-hydrogen) atoms. The number of nitrogens with zero attached hydrogens (tertiary/aromatic N) is 2. The summed E-state index contributed by atoms with van der Waals surface area (Å²) in [6.07, 6.45) is 1.75. The quantitative estimate of drug-likeness (QED) is 0.686. The van der Waals surface area contributed by atoms with Crippen molar-refractivity contribution in [2.75, 3.05) is 19.0 Å². The molecule has 0 aliphatic rings. The minimum atomic E-state index is 0.0334. The van der Waals surface area contributed by atoms with E-state index in [0.29, 0.717) is 11.1 Å². The van der Waals surface area contributed by atoms with Gasteiger partial charge in [-0.25, -0.2) is 0 Å². The number of carbonyl (C=O) groups is 1. The van der Waals surface area contributed by atoms with Crippen LogP contribution >= 0.6 is 0 Å². The van der Waals surface area contributed by atoms with Crippen LogP contribution in [0.15, 0.2) is 60.8 Å². The standard InChI is InChI=1S/C18H16N2O/c1-20(2)16-8-5-13(6-9-16)18(21)15-7-10-17-14(12-15)4-3-11-19-17/h3-12H,1-2H3. The molecule has 0 unspecified atom stereocenters. The first-order valence-corrected chi connectivity index (χ1v) is 6.82. The van der Waals surface area contributed by atoms with E-state index in [-0.39, 0.29) is 5.78 Å². The highest BCUT2D eigenvalue weighted by Crippen LogP contribution is 2.18. The first-order chi connectivity index (χ1) is 10.1. The molecule has 3 aromatic rings. The number of pyridine rings is 1. The van der Waals surface area contributed by atoms with Gasteiger partial charge < -0.3 is 4.90 Å². The number of hydrogen-bond acceptors (Lipinski definition) is 3. The van der Waals surface area contributed by atoms with Crippen molar-refractivity contribution in [3.8, 4) is 0 Å². The van der Waals surface area contributed by atoms with Crippen LogP contribution in [0.4, 0.5) is 5.69 Å². The Morgan fingerprint density at radius 3 is 2.38 bits per heavy atom. The highest BCUT2D eigenvalue weighted by molar-refractivity contribution is 6.10. The number of anilines is 1. The lowest BCUT2D eigenvalue weighted by Crippen LogP contribution is -2.09. The molecule has 0 N–H and O–H groups in total. The summed E-state index contributed by atoms with van der Waals surface area (Å²) < 4.78 is 0. The minimum absolute atomic E-state index is 0.0334. The van der Waals surface area contributed by atoms with E-state index in [1.165, 1.54) is 0 Å². The number of benzene rings is 2. The van der Waals surface area contributed by atoms with Crippen molar-refractivity contribution in [1.29, 1.82) is 0 Å². The number of fused-ring (bicyclic) bond motifs is 1. The molecule has 0 spiro atoms. The van der Waals surface area contributed by atoms with Crippen molar-refractivity contribution in [2.24, 2.45) is 0 Å². The Kier molecular flexibility index (Phi) is 3.40. The van der Waals surface area contributed by atoms with Crippen LogP contribution < -0.4 is 4.90 Å². The summed E-state index contributed by atoms with van der Waals surface area (Å²) in [7, 11) is 3.96. The molecule has 104 valence electrons. The molecule has 0 amide bonds. The van der Waals surface area contributed by atoms with Gasteiger partial charge in [-0.1, -0.05) is 6.07 Å². The Morgan fingerprint density at radius 2 is 1.67 bits per heavy atom. The topological polar surface area (TPSA) is 33.2 Å². The first-order valence-electron chi connectivity index (χ1n) is 6.82. The molecule has 3 nitrogen and oxygen atoms in total. The Morgan fingerprint density at radius 1 is 0.952 bits per heavy atom. The van der Waals surface area contributed by atoms with Gasteiger partial charge in [-0.3, -0.25) is 9.78 Å². The van der Waals surface area contributed by atoms with E-state index in [1.807, 2.05) is 73.6 Å². The monoisotopic (exact) mass is 276 g/mol. The third-order valence-corrected chi connectivity index (χ3v) is 3.51. The van der Waals surface area contributed by atoms with Crippen molar-refractivity contribution < 1.29 is 4.79 Å². The average molecular weight is 276 g/mol. The van der Waals surface area contributed by atoms with Crippen LogP contribution in [-0.2, 0) is 0 Å². The molecular weight excluding hydrogens is 260 g/mol. The molecule has 3 rings (SSSR count). The van der Waals surface area contributed by atoms with Gasteiger partial charge in [0.05, 0.1) is 5.52 Å². The molecule has 3 heteroatoms. The fourth-order valence-corrected chi connectivity index (χ4v) is 2.29. The summed E-state index contributed by atoms with van der Waals surface area (Å²) in [5, 5.41) is 0.980. The zero-order chi connectivity index (χ0) is 14.8. The van der Waals surface area contributed by atoms with Crippen LogP contribution in [0.5, 0.6) is 0 Å². The van der Waals surface area contributed by atoms with E-state index >= 15 is 0 Å². The molecule has 1 aromatic heterocycles. The van der Waals surface area contributed by atoms with E-state index in [4.69, 9.17) is 0 Å². The van der Waals surface area contributed by atoms with Crippen molar-refractivity contribution in [3.05, 3.63) is 71.9 Å². The van der Waals surface area contributed by atoms with E-state index in [2.05, 4.69) is 4.98 Å². The molecular formula is C18H16N2O. The van der Waals surface area contributed by atoms with Gasteiger partial charge in [0.1, 0.15) is 0 Å². The maximum absolute atomic E-state index is 12.5. The van der Waals surface area contributed by atoms with E-state index in [9.17, 15) is 4.79 Å². The van der Waals surface area contributed by atoms with Gasteiger partial charge in [-0.15, -0.1) is 0 Å². The van der Waals surface area contributed by atoms with Crippen LogP contribution in [0.25, 0.3) is 10.9 Å². The molecule has 0 bridgehead atoms. The minimum Gasteiger partial charge on any atom is -0.378 e. The van der Waals surface area contributed by atoms with Gasteiger partial charge in [-0.05, 0) is 48.5 Å². The summed E-state index contributed by atoms with van der Waals surface area (Å²) >= 11 is 0. The van der Waals surface area contributed by atoms with Gasteiger partial charge in [-0.2, -0.15) is 0 Å². The van der Waals surface area contributed by atoms with Crippen LogP contribution in [0, 0.1) is 0 Å². The fourth-order valence-electron chi connectivity index (χ4n) is 2.29. The molecule has 0 saturated heterocycles. The van der Waals surface area contributed by atoms with Crippen molar-refractivity contribution in [2.45, 2.75) is 0 Å². The van der Waals surface area contributed by atoms with Gasteiger partial charge in [0, 0.05) is 42.5 Å². The van der Waals surface area contributed by atoms with Crippen LogP contribution in [-0.4, -0.2) is 24.9 Å². The molecule has 0 aliphatic heterocycles. The lowest BCUT2D eigenvalue weighted by molar-refractivity contribution is 0.103. The Hall–Kier alpha value is -2.68. The number of aromatic nitrogens is 1. The normalized spacial score (nSPS) is 10.6. The Labute approximate surface area is 123 Å². The molecule has 0 atom stereocenters. The van der Waals surface area contributed by atoms with Gasteiger partial charge >= 0.3 is 0 Å². The number of rotatable bonds is 3. The number of ketones is 1. The highest BCUT2D eigenvalue weighted by atomic mass is 16.1. The second-order valence-corrected chi connectivity index (χ2v) is 5.18. The number of carbonyl (C=O) groups excluding carboxylic acids is 1. The average Bonchev–Trinajstić information content (AvgIpc) is 2.54. The summed E-state index contributed by atoms with van der Waals surface area (Å²) in [5.74, 6) is 0.0334. The maximum Gasteiger partial charge on any atom is 0.193 e. The van der Waals surface area contributed by atoms with Crippen molar-refractivity contribution >= 4 is 22.4 Å². The van der Waals surface area contributed by atoms with E-state index < -0.39 is 0 Å². The van der Waals surface area contributed by atoms with Crippen LogP contribution in [0.1, 0.15) is 15.9 Å². The summed E-state index contributed by atoms with van der Waals surface area (Å²) in [4.78, 5) is 18.8. The van der Waals surface area contributed by atoms with Crippen LogP contribution in [0.2, 0.25) is 0 Å². The molecule has 0 fully saturated rings. The SMILES string of the molecule is CN(C)c1ccc(C(=O)c2ccc3ncccc3c2)cc1. The summed E-state index contributed by atoms with van der Waals surface area (Å²) in [6.45, 7) is 0. The van der Waals surface area contributed by atoms with Gasteiger partial charge in [0.15, 0.2) is 5.78 Å². The molecule has 0 aliphatic carbocycles. The van der Waals surface area contributed by atoms with Crippen molar-refractivity contribution in [3.63, 3.8) is 0 Å². The van der Waals surface area contributed by atoms with Crippen LogP contribution in [0.3, 0.4) is 0 Å². The molecule has 0 radical (unpaired) electrons. The second-order valence-electron chi connectivity index (χ2n) is 5.18. The Bertz CT molecular complexity index is 792. The van der Waals surface area contributed by atoms with Gasteiger partial charge in [0.2, 0.25) is 0 Å². The number of hydrogen-bond donors (Lipinski definition) is 0. The van der Waals surface area contributed by atoms with Gasteiger partial charge in [0.25, 0.3) is 0 Å². The predicted octanol–water partition coefficient (Wildman–Crippen LogP) is 3.53. The fraction of sp³-hybridized carbons (Fsp3) is 0.111. The third kappa shape index (κ3) is 2.63. The zero-order valence-corrected chi connectivity index (χ0v) is 12.1. The Balaban J connectivity index is 1.95. The highest BCUT2D eigenvalue weighted by Gasteiger charge is 2.10. The third-order valence-electron chi connectivity index (χ3n) is 3.51. The predicted molar refractivity (Wildman–Crippen MR) is 85.9 cm³/mol. The second kappa shape index (κ2) is 5.37. The lowest BCUT2D eigenvalue weighted by atomic mass is 10.0. The molecule has 1 heterocycles. The maximum atomic E-state index is 12.5. The smallest absolute Gasteiger partial charge is 0.193 e.